The molecule has 2 aliphatic rings. The number of rotatable bonds is 6. The van der Waals surface area contributed by atoms with Gasteiger partial charge in [0.1, 0.15) is 0 Å². The van der Waals surface area contributed by atoms with E-state index in [0.29, 0.717) is 0 Å². The Morgan fingerprint density at radius 2 is 0.844 bits per heavy atom. The van der Waals surface area contributed by atoms with Crippen molar-refractivity contribution < 1.29 is 27.1 Å². The third-order valence-corrected chi connectivity index (χ3v) is 11.9. The van der Waals surface area contributed by atoms with Gasteiger partial charge in [0.15, 0.2) is 0 Å². The van der Waals surface area contributed by atoms with E-state index in [0.717, 1.165) is 87.2 Å². The zero-order chi connectivity index (χ0) is 30.7. The molecule has 9 heteroatoms. The Kier molecular flexibility index (Phi) is 7.24. The summed E-state index contributed by atoms with van der Waals surface area (Å²) >= 11 is -0.190. The molecule has 0 saturated carbocycles. The van der Waals surface area contributed by atoms with Crippen molar-refractivity contribution in [1.82, 2.24) is 0 Å². The Hall–Kier alpha value is -3.98. The van der Waals surface area contributed by atoms with E-state index in [1.807, 2.05) is 48.5 Å². The molecular formula is C36H28O6P2Se. The zero-order valence-electron chi connectivity index (χ0n) is 25.0. The molecule has 45 heavy (non-hydrogen) atoms. The van der Waals surface area contributed by atoms with Crippen molar-refractivity contribution in [3.05, 3.63) is 119 Å². The molecule has 0 aromatic heterocycles. The van der Waals surface area contributed by atoms with E-state index in [2.05, 4.69) is 76.2 Å². The fourth-order valence-corrected chi connectivity index (χ4v) is 11.1. The monoisotopic (exact) mass is 698 g/mol. The average Bonchev–Trinajstić information content (AvgIpc) is 3.01. The molecule has 0 bridgehead atoms. The first-order valence-corrected chi connectivity index (χ1v) is 18.4. The van der Waals surface area contributed by atoms with Crippen molar-refractivity contribution in [3.63, 3.8) is 0 Å². The van der Waals surface area contributed by atoms with Crippen LogP contribution in [-0.4, -0.2) is 15.0 Å². The molecule has 224 valence electrons. The molecule has 0 spiro atoms. The van der Waals surface area contributed by atoms with Gasteiger partial charge in [-0.2, -0.15) is 0 Å². The molecule has 0 amide bonds. The Balaban J connectivity index is 1.11. The first-order chi connectivity index (χ1) is 21.9. The van der Waals surface area contributed by atoms with Crippen molar-refractivity contribution in [2.24, 2.45) is 0 Å². The third kappa shape index (κ3) is 5.35. The fraction of sp³-hybridized carbons (Fsp3) is 0.111. The molecule has 2 heterocycles. The summed E-state index contributed by atoms with van der Waals surface area (Å²) in [5.74, 6) is 4.65. The SMILES string of the molecule is Cc1cc(C)c(OP2Oc3cccc4cccc(c34)O2)c([Se]c2cc(C)cc(C)c2OP2Oc3cccc4cccc(c34)O2)c1. The van der Waals surface area contributed by atoms with Crippen LogP contribution in [0.25, 0.3) is 21.5 Å². The first kappa shape index (κ1) is 28.5. The molecule has 0 aliphatic carbocycles. The van der Waals surface area contributed by atoms with Crippen LogP contribution >= 0.6 is 17.2 Å². The van der Waals surface area contributed by atoms with Crippen LogP contribution in [0.2, 0.25) is 0 Å². The number of benzene rings is 6. The van der Waals surface area contributed by atoms with Crippen LogP contribution in [0.15, 0.2) is 97.1 Å². The predicted molar refractivity (Wildman–Crippen MR) is 182 cm³/mol. The minimum absolute atomic E-state index is 0.190. The van der Waals surface area contributed by atoms with Gasteiger partial charge in [-0.15, -0.1) is 0 Å². The minimum atomic E-state index is -1.71. The molecular weight excluding hydrogens is 669 g/mol. The summed E-state index contributed by atoms with van der Waals surface area (Å²) in [4.78, 5) is 0. The summed E-state index contributed by atoms with van der Waals surface area (Å²) in [5, 5.41) is 4.09. The van der Waals surface area contributed by atoms with Gasteiger partial charge in [0, 0.05) is 0 Å². The van der Waals surface area contributed by atoms with Gasteiger partial charge in [0.2, 0.25) is 0 Å². The van der Waals surface area contributed by atoms with Crippen LogP contribution in [0.4, 0.5) is 0 Å². The molecule has 0 unspecified atom stereocenters. The van der Waals surface area contributed by atoms with Crippen LogP contribution in [0.1, 0.15) is 22.3 Å². The molecule has 0 radical (unpaired) electrons. The van der Waals surface area contributed by atoms with Gasteiger partial charge in [0.25, 0.3) is 0 Å². The van der Waals surface area contributed by atoms with Crippen molar-refractivity contribution in [3.8, 4) is 34.5 Å². The Morgan fingerprint density at radius 1 is 0.489 bits per heavy atom. The molecule has 6 aromatic carbocycles. The molecule has 0 atom stereocenters. The van der Waals surface area contributed by atoms with Crippen molar-refractivity contribution in [1.29, 1.82) is 0 Å². The van der Waals surface area contributed by atoms with Crippen LogP contribution in [-0.2, 0) is 0 Å². The Morgan fingerprint density at radius 3 is 1.20 bits per heavy atom. The van der Waals surface area contributed by atoms with Gasteiger partial charge >= 0.3 is 271 Å². The van der Waals surface area contributed by atoms with Crippen LogP contribution in [0.3, 0.4) is 0 Å². The molecule has 0 fully saturated rings. The second kappa shape index (κ2) is 11.4. The number of aryl methyl sites for hydroxylation is 4. The van der Waals surface area contributed by atoms with Gasteiger partial charge in [-0.1, -0.05) is 0 Å². The summed E-state index contributed by atoms with van der Waals surface area (Å²) in [5.41, 5.74) is 4.37. The average molecular weight is 698 g/mol. The Bertz CT molecular complexity index is 1900. The second-order valence-corrected chi connectivity index (χ2v) is 15.4. The van der Waals surface area contributed by atoms with Crippen molar-refractivity contribution in [2.75, 3.05) is 0 Å². The standard InChI is InChI=1S/C36H28O6P2Se/c1-21-17-23(3)35(41-43-37-27-13-5-9-25-10-6-14-28(38-43)33(25)27)31(19-21)45-32-20-22(2)18-24(4)36(32)42-44-39-29-15-7-11-26-12-8-16-30(40-44)34(26)29/h5-20H,1-4H3. The van der Waals surface area contributed by atoms with Crippen molar-refractivity contribution in [2.45, 2.75) is 27.7 Å². The van der Waals surface area contributed by atoms with Gasteiger partial charge in [0.05, 0.1) is 0 Å². The van der Waals surface area contributed by atoms with E-state index in [-0.39, 0.29) is 15.0 Å². The van der Waals surface area contributed by atoms with E-state index in [1.54, 1.807) is 0 Å². The summed E-state index contributed by atoms with van der Waals surface area (Å²) < 4.78 is 40.5. The fourth-order valence-electron chi connectivity index (χ4n) is 5.77. The van der Waals surface area contributed by atoms with E-state index in [4.69, 9.17) is 27.1 Å². The maximum atomic E-state index is 6.60. The quantitative estimate of drug-likeness (QED) is 0.128. The van der Waals surface area contributed by atoms with Crippen LogP contribution < -0.4 is 36.1 Å². The number of hydrogen-bond donors (Lipinski definition) is 0. The van der Waals surface area contributed by atoms with Gasteiger partial charge < -0.3 is 0 Å². The van der Waals surface area contributed by atoms with E-state index >= 15 is 0 Å². The second-order valence-electron chi connectivity index (χ2n) is 11.1. The molecule has 0 saturated heterocycles. The molecule has 6 aromatic rings. The van der Waals surface area contributed by atoms with Gasteiger partial charge in [-0.05, 0) is 0 Å². The van der Waals surface area contributed by atoms with E-state index in [9.17, 15) is 0 Å². The first-order valence-electron chi connectivity index (χ1n) is 14.5. The zero-order valence-corrected chi connectivity index (χ0v) is 28.5. The summed E-state index contributed by atoms with van der Waals surface area (Å²) in [6.07, 6.45) is 0. The maximum absolute atomic E-state index is 6.60. The molecule has 2 aliphatic heterocycles. The topological polar surface area (TPSA) is 55.4 Å². The van der Waals surface area contributed by atoms with Gasteiger partial charge in [-0.25, -0.2) is 0 Å². The van der Waals surface area contributed by atoms with Crippen LogP contribution in [0.5, 0.6) is 34.5 Å². The normalized spacial score (nSPS) is 14.0. The van der Waals surface area contributed by atoms with Crippen LogP contribution in [0, 0.1) is 27.7 Å². The molecule has 8 rings (SSSR count). The summed E-state index contributed by atoms with van der Waals surface area (Å²) in [6, 6.07) is 32.7. The van der Waals surface area contributed by atoms with E-state index < -0.39 is 17.2 Å². The summed E-state index contributed by atoms with van der Waals surface area (Å²) in [6.45, 7) is 8.35. The Labute approximate surface area is 270 Å². The van der Waals surface area contributed by atoms with Gasteiger partial charge in [-0.3, -0.25) is 0 Å². The van der Waals surface area contributed by atoms with E-state index in [1.165, 1.54) is 0 Å². The molecule has 0 N–H and O–H groups in total. The number of hydrogen-bond acceptors (Lipinski definition) is 6. The van der Waals surface area contributed by atoms with Crippen molar-refractivity contribution >= 4 is 62.6 Å². The predicted octanol–water partition coefficient (Wildman–Crippen LogP) is 9.04. The molecule has 6 nitrogen and oxygen atoms in total. The summed E-state index contributed by atoms with van der Waals surface area (Å²) in [7, 11) is -3.42. The third-order valence-electron chi connectivity index (χ3n) is 7.67.